The Balaban J connectivity index is 1.23. The van der Waals surface area contributed by atoms with E-state index in [9.17, 15) is 4.79 Å². The second-order valence-corrected chi connectivity index (χ2v) is 9.18. The van der Waals surface area contributed by atoms with Gasteiger partial charge in [0.1, 0.15) is 5.75 Å². The highest BCUT2D eigenvalue weighted by Crippen LogP contribution is 2.27. The van der Waals surface area contributed by atoms with Crippen molar-refractivity contribution in [1.82, 2.24) is 25.0 Å². The molecule has 41 heavy (non-hydrogen) atoms. The van der Waals surface area contributed by atoms with E-state index >= 15 is 0 Å². The van der Waals surface area contributed by atoms with Crippen molar-refractivity contribution in [1.29, 1.82) is 0 Å². The molecule has 2 aromatic heterocycles. The molecule has 0 spiro atoms. The normalized spacial score (nSPS) is 10.8. The molecule has 10 nitrogen and oxygen atoms in total. The summed E-state index contributed by atoms with van der Waals surface area (Å²) in [4.78, 5) is 22.1. The maximum Gasteiger partial charge on any atom is 0.323 e. The lowest BCUT2D eigenvalue weighted by Crippen LogP contribution is -2.19. The lowest BCUT2D eigenvalue weighted by Gasteiger charge is -2.11. The number of aromatic nitrogens is 5. The average Bonchev–Trinajstić information content (AvgIpc) is 3.42. The molecule has 202 valence electrons. The third-order valence-electron chi connectivity index (χ3n) is 6.32. The molecule has 2 amide bonds. The van der Waals surface area contributed by atoms with Crippen molar-refractivity contribution < 1.29 is 9.53 Å². The summed E-state index contributed by atoms with van der Waals surface area (Å²) in [5.74, 6) is 1.81. The number of hydrogen-bond donors (Lipinski definition) is 3. The molecular weight excluding hydrogens is 516 g/mol. The van der Waals surface area contributed by atoms with Crippen molar-refractivity contribution in [2.75, 3.05) is 23.1 Å². The molecule has 10 heteroatoms. The van der Waals surface area contributed by atoms with E-state index in [-0.39, 0.29) is 6.03 Å². The van der Waals surface area contributed by atoms with E-state index in [0.717, 1.165) is 22.6 Å². The second-order valence-electron chi connectivity index (χ2n) is 9.18. The zero-order chi connectivity index (χ0) is 28.0. The summed E-state index contributed by atoms with van der Waals surface area (Å²) < 4.78 is 6.93. The minimum Gasteiger partial charge on any atom is -0.497 e. The zero-order valence-corrected chi connectivity index (χ0v) is 22.2. The number of hydrogen-bond acceptors (Lipinski definition) is 7. The predicted molar refractivity (Wildman–Crippen MR) is 159 cm³/mol. The van der Waals surface area contributed by atoms with E-state index in [1.165, 1.54) is 0 Å². The van der Waals surface area contributed by atoms with Crippen LogP contribution in [0, 0.1) is 0 Å². The number of rotatable bonds is 8. The Bertz CT molecular complexity index is 1770. The van der Waals surface area contributed by atoms with Gasteiger partial charge in [-0.3, -0.25) is 0 Å². The van der Waals surface area contributed by atoms with Crippen molar-refractivity contribution in [2.24, 2.45) is 0 Å². The number of anilines is 4. The van der Waals surface area contributed by atoms with E-state index in [1.807, 2.05) is 72.8 Å². The average molecular weight is 543 g/mol. The molecule has 0 radical (unpaired) electrons. The van der Waals surface area contributed by atoms with Gasteiger partial charge in [-0.25, -0.2) is 19.4 Å². The first-order valence-corrected chi connectivity index (χ1v) is 12.9. The number of ether oxygens (including phenoxy) is 1. The lowest BCUT2D eigenvalue weighted by molar-refractivity contribution is 0.262. The number of benzene rings is 4. The molecule has 0 saturated heterocycles. The SMILES string of the molecule is COc1ccc(NC(=O)Nc2ccc(Nc3nc(-c4ccccc4)nc4c3nnn4Cc3ccccc3)cc2)cc1. The molecule has 0 aliphatic heterocycles. The van der Waals surface area contributed by atoms with Crippen LogP contribution in [0.5, 0.6) is 5.75 Å². The van der Waals surface area contributed by atoms with Gasteiger partial charge in [0.15, 0.2) is 22.8 Å². The quantitative estimate of drug-likeness (QED) is 0.206. The van der Waals surface area contributed by atoms with Crippen molar-refractivity contribution in [3.63, 3.8) is 0 Å². The van der Waals surface area contributed by atoms with E-state index in [0.29, 0.717) is 40.7 Å². The van der Waals surface area contributed by atoms with Gasteiger partial charge < -0.3 is 20.7 Å². The summed E-state index contributed by atoms with van der Waals surface area (Å²) in [6.07, 6.45) is 0. The third kappa shape index (κ3) is 5.96. The Morgan fingerprint density at radius 1 is 0.756 bits per heavy atom. The monoisotopic (exact) mass is 542 g/mol. The highest BCUT2D eigenvalue weighted by molar-refractivity contribution is 6.00. The first kappa shape index (κ1) is 25.5. The Morgan fingerprint density at radius 3 is 2.02 bits per heavy atom. The van der Waals surface area contributed by atoms with Crippen LogP contribution >= 0.6 is 0 Å². The first-order chi connectivity index (χ1) is 20.1. The summed E-state index contributed by atoms with van der Waals surface area (Å²) in [7, 11) is 1.60. The van der Waals surface area contributed by atoms with Crippen LogP contribution in [0.1, 0.15) is 5.56 Å². The summed E-state index contributed by atoms with van der Waals surface area (Å²) in [6, 6.07) is 33.9. The molecule has 4 aromatic carbocycles. The predicted octanol–water partition coefficient (Wildman–Crippen LogP) is 6.33. The van der Waals surface area contributed by atoms with Crippen LogP contribution in [0.4, 0.5) is 27.7 Å². The van der Waals surface area contributed by atoms with Gasteiger partial charge in [0.2, 0.25) is 0 Å². The molecular formula is C31H26N8O2. The van der Waals surface area contributed by atoms with Gasteiger partial charge in [-0.05, 0) is 54.1 Å². The Kier molecular flexibility index (Phi) is 7.18. The highest BCUT2D eigenvalue weighted by atomic mass is 16.5. The van der Waals surface area contributed by atoms with Gasteiger partial charge in [0.25, 0.3) is 0 Å². The number of fused-ring (bicyclic) bond motifs is 1. The van der Waals surface area contributed by atoms with Crippen molar-refractivity contribution in [2.45, 2.75) is 6.54 Å². The number of carbonyl (C=O) groups excluding carboxylic acids is 1. The molecule has 0 aliphatic carbocycles. The van der Waals surface area contributed by atoms with Crippen LogP contribution in [-0.2, 0) is 6.54 Å². The number of carbonyl (C=O) groups is 1. The molecule has 0 unspecified atom stereocenters. The van der Waals surface area contributed by atoms with E-state index in [4.69, 9.17) is 14.7 Å². The highest BCUT2D eigenvalue weighted by Gasteiger charge is 2.16. The molecule has 0 bridgehead atoms. The fraction of sp³-hybridized carbons (Fsp3) is 0.0645. The molecule has 0 aliphatic rings. The van der Waals surface area contributed by atoms with Gasteiger partial charge in [-0.2, -0.15) is 0 Å². The van der Waals surface area contributed by atoms with Crippen molar-refractivity contribution in [3.8, 4) is 17.1 Å². The summed E-state index contributed by atoms with van der Waals surface area (Å²) in [5.41, 5.74) is 5.21. The fourth-order valence-corrected chi connectivity index (χ4v) is 4.26. The Morgan fingerprint density at radius 2 is 1.37 bits per heavy atom. The first-order valence-electron chi connectivity index (χ1n) is 12.9. The summed E-state index contributed by atoms with van der Waals surface area (Å²) >= 11 is 0. The molecule has 6 rings (SSSR count). The smallest absolute Gasteiger partial charge is 0.323 e. The van der Waals surface area contributed by atoms with Gasteiger partial charge >= 0.3 is 6.03 Å². The maximum atomic E-state index is 12.5. The lowest BCUT2D eigenvalue weighted by atomic mass is 10.2. The number of nitrogens with one attached hydrogen (secondary N) is 3. The Labute approximate surface area is 236 Å². The molecule has 3 N–H and O–H groups in total. The molecule has 2 heterocycles. The number of urea groups is 1. The fourth-order valence-electron chi connectivity index (χ4n) is 4.26. The third-order valence-corrected chi connectivity index (χ3v) is 6.32. The molecule has 0 atom stereocenters. The van der Waals surface area contributed by atoms with E-state index in [1.54, 1.807) is 48.2 Å². The Hall–Kier alpha value is -5.77. The summed E-state index contributed by atoms with van der Waals surface area (Å²) in [6.45, 7) is 0.529. The number of methoxy groups -OCH3 is 1. The van der Waals surface area contributed by atoms with E-state index in [2.05, 4.69) is 26.3 Å². The molecule has 0 saturated carbocycles. The minimum atomic E-state index is -0.351. The van der Waals surface area contributed by atoms with Gasteiger partial charge in [0, 0.05) is 22.6 Å². The van der Waals surface area contributed by atoms with Crippen LogP contribution < -0.4 is 20.7 Å². The molecule has 0 fully saturated rings. The molecule has 6 aromatic rings. The number of nitrogens with zero attached hydrogens (tertiary/aromatic N) is 5. The maximum absolute atomic E-state index is 12.5. The summed E-state index contributed by atoms with van der Waals surface area (Å²) in [5, 5.41) is 17.8. The van der Waals surface area contributed by atoms with E-state index < -0.39 is 0 Å². The van der Waals surface area contributed by atoms with Gasteiger partial charge in [-0.1, -0.05) is 65.9 Å². The van der Waals surface area contributed by atoms with Gasteiger partial charge in [0.05, 0.1) is 13.7 Å². The number of amides is 2. The van der Waals surface area contributed by atoms with Crippen LogP contribution in [0.25, 0.3) is 22.6 Å². The topological polar surface area (TPSA) is 119 Å². The second kappa shape index (κ2) is 11.5. The van der Waals surface area contributed by atoms with Crippen LogP contribution in [0.3, 0.4) is 0 Å². The standard InChI is InChI=1S/C31H26N8O2/c1-41-26-18-16-25(17-19-26)34-31(40)33-24-14-12-23(13-15-24)32-29-27-30(36-28(35-29)22-10-6-3-7-11-22)39(38-37-27)20-21-8-4-2-5-9-21/h2-19H,20H2,1H3,(H,32,35,36)(H2,33,34,40). The zero-order valence-electron chi connectivity index (χ0n) is 22.2. The van der Waals surface area contributed by atoms with Gasteiger partial charge in [-0.15, -0.1) is 5.10 Å². The van der Waals surface area contributed by atoms with Crippen molar-refractivity contribution >= 4 is 40.1 Å². The van der Waals surface area contributed by atoms with Crippen LogP contribution in [0.15, 0.2) is 109 Å². The van der Waals surface area contributed by atoms with Crippen LogP contribution in [0.2, 0.25) is 0 Å². The van der Waals surface area contributed by atoms with Crippen LogP contribution in [-0.4, -0.2) is 38.1 Å². The van der Waals surface area contributed by atoms with Crippen molar-refractivity contribution in [3.05, 3.63) is 115 Å². The minimum absolute atomic E-state index is 0.351. The largest absolute Gasteiger partial charge is 0.497 e.